The fraction of sp³-hybridized carbons (Fsp3) is 0.375. The van der Waals surface area contributed by atoms with Crippen molar-refractivity contribution in [3.8, 4) is 11.6 Å². The van der Waals surface area contributed by atoms with E-state index in [9.17, 15) is 0 Å². The number of hydrogen-bond acceptors (Lipinski definition) is 5. The van der Waals surface area contributed by atoms with Gasteiger partial charge in [-0.15, -0.1) is 0 Å². The minimum Gasteiger partial charge on any atom is -0.493 e. The summed E-state index contributed by atoms with van der Waals surface area (Å²) in [6.07, 6.45) is 2.69. The predicted octanol–water partition coefficient (Wildman–Crippen LogP) is 3.20. The third kappa shape index (κ3) is 3.24. The first-order chi connectivity index (χ1) is 10.2. The lowest BCUT2D eigenvalue weighted by atomic mass is 10.0. The first-order valence-corrected chi connectivity index (χ1v) is 7.20. The quantitative estimate of drug-likeness (QED) is 0.935. The van der Waals surface area contributed by atoms with E-state index >= 15 is 0 Å². The number of hydrogen-bond donors (Lipinski definition) is 1. The fourth-order valence-corrected chi connectivity index (χ4v) is 2.37. The van der Waals surface area contributed by atoms with Crippen LogP contribution in [0, 0.1) is 0 Å². The van der Waals surface area contributed by atoms with Crippen molar-refractivity contribution in [2.75, 3.05) is 11.9 Å². The molecule has 0 aliphatic carbocycles. The zero-order valence-corrected chi connectivity index (χ0v) is 12.2. The van der Waals surface area contributed by atoms with Gasteiger partial charge >= 0.3 is 0 Å². The van der Waals surface area contributed by atoms with Crippen LogP contribution in [0.3, 0.4) is 0 Å². The van der Waals surface area contributed by atoms with E-state index in [2.05, 4.69) is 21.4 Å². The van der Waals surface area contributed by atoms with Gasteiger partial charge in [-0.05, 0) is 19.9 Å². The van der Waals surface area contributed by atoms with Crippen LogP contribution in [-0.4, -0.2) is 22.7 Å². The molecule has 0 saturated carbocycles. The third-order valence-electron chi connectivity index (χ3n) is 3.25. The number of para-hydroxylation sites is 1. The number of fused-ring (bicyclic) bond motifs is 1. The largest absolute Gasteiger partial charge is 0.493 e. The van der Waals surface area contributed by atoms with Crippen molar-refractivity contribution in [2.45, 2.75) is 32.4 Å². The molecule has 0 spiro atoms. The summed E-state index contributed by atoms with van der Waals surface area (Å²) in [5.41, 5.74) is 1.14. The van der Waals surface area contributed by atoms with Crippen LogP contribution in [0.15, 0.2) is 36.5 Å². The average molecular weight is 285 g/mol. The lowest BCUT2D eigenvalue weighted by Gasteiger charge is -2.26. The molecule has 1 unspecified atom stereocenters. The second-order valence-corrected chi connectivity index (χ2v) is 5.26. The van der Waals surface area contributed by atoms with Crippen LogP contribution in [0.25, 0.3) is 0 Å². The number of benzene rings is 1. The normalized spacial score (nSPS) is 17.0. The van der Waals surface area contributed by atoms with Gasteiger partial charge < -0.3 is 14.8 Å². The van der Waals surface area contributed by atoms with Crippen molar-refractivity contribution in [2.24, 2.45) is 0 Å². The molecule has 1 aromatic heterocycles. The Morgan fingerprint density at radius 3 is 3.00 bits per heavy atom. The highest BCUT2D eigenvalue weighted by molar-refractivity contribution is 5.42. The van der Waals surface area contributed by atoms with Crippen molar-refractivity contribution in [1.29, 1.82) is 0 Å². The molecule has 1 aliphatic rings. The second-order valence-electron chi connectivity index (χ2n) is 5.26. The first-order valence-electron chi connectivity index (χ1n) is 7.20. The number of nitrogens with one attached hydrogen (secondary N) is 1. The molecule has 110 valence electrons. The molecule has 0 fully saturated rings. The Bertz CT molecular complexity index is 616. The van der Waals surface area contributed by atoms with Gasteiger partial charge in [-0.2, -0.15) is 4.98 Å². The summed E-state index contributed by atoms with van der Waals surface area (Å²) in [5.74, 6) is 2.09. The zero-order chi connectivity index (χ0) is 14.7. The van der Waals surface area contributed by atoms with E-state index in [1.54, 1.807) is 12.3 Å². The highest BCUT2D eigenvalue weighted by Crippen LogP contribution is 2.33. The number of aromatic nitrogens is 2. The van der Waals surface area contributed by atoms with Gasteiger partial charge in [0.05, 0.1) is 18.8 Å². The monoisotopic (exact) mass is 285 g/mol. The topological polar surface area (TPSA) is 56.3 Å². The fourth-order valence-electron chi connectivity index (χ4n) is 2.37. The molecule has 0 amide bonds. The summed E-state index contributed by atoms with van der Waals surface area (Å²) in [7, 11) is 0. The zero-order valence-electron chi connectivity index (χ0n) is 12.2. The maximum absolute atomic E-state index is 5.66. The van der Waals surface area contributed by atoms with Crippen LogP contribution in [0.2, 0.25) is 0 Å². The van der Waals surface area contributed by atoms with Crippen molar-refractivity contribution >= 4 is 5.95 Å². The molecule has 5 nitrogen and oxygen atoms in total. The Balaban J connectivity index is 1.78. The molecule has 1 aromatic carbocycles. The highest BCUT2D eigenvalue weighted by atomic mass is 16.5. The molecular formula is C16H19N3O2. The van der Waals surface area contributed by atoms with Crippen LogP contribution in [-0.2, 0) is 0 Å². The molecule has 1 aliphatic heterocycles. The number of anilines is 1. The van der Waals surface area contributed by atoms with Gasteiger partial charge in [0.15, 0.2) is 0 Å². The standard InChI is InChI=1S/C16H19N3O2/c1-11(2)21-15-7-9-17-16(19-15)18-13-8-10-20-14-6-4-3-5-12(13)14/h3-7,9,11,13H,8,10H2,1-2H3,(H,17,18,19). The van der Waals surface area contributed by atoms with E-state index in [0.717, 1.165) is 17.7 Å². The van der Waals surface area contributed by atoms with Crippen molar-refractivity contribution in [3.05, 3.63) is 42.1 Å². The van der Waals surface area contributed by atoms with Gasteiger partial charge in [-0.25, -0.2) is 4.98 Å². The SMILES string of the molecule is CC(C)Oc1ccnc(NC2CCOc3ccccc32)n1. The molecule has 2 aromatic rings. The summed E-state index contributed by atoms with van der Waals surface area (Å²) in [6, 6.07) is 9.98. The van der Waals surface area contributed by atoms with Gasteiger partial charge in [-0.1, -0.05) is 18.2 Å². The average Bonchev–Trinajstić information content (AvgIpc) is 2.47. The van der Waals surface area contributed by atoms with E-state index in [0.29, 0.717) is 18.4 Å². The Morgan fingerprint density at radius 2 is 2.14 bits per heavy atom. The van der Waals surface area contributed by atoms with Crippen LogP contribution < -0.4 is 14.8 Å². The minimum absolute atomic E-state index is 0.0940. The van der Waals surface area contributed by atoms with Crippen molar-refractivity contribution < 1.29 is 9.47 Å². The van der Waals surface area contributed by atoms with Gasteiger partial charge in [0, 0.05) is 24.2 Å². The van der Waals surface area contributed by atoms with Crippen LogP contribution in [0.4, 0.5) is 5.95 Å². The summed E-state index contributed by atoms with van der Waals surface area (Å²) < 4.78 is 11.3. The number of rotatable bonds is 4. The maximum atomic E-state index is 5.66. The van der Waals surface area contributed by atoms with Gasteiger partial charge in [0.2, 0.25) is 11.8 Å². The van der Waals surface area contributed by atoms with Crippen molar-refractivity contribution in [3.63, 3.8) is 0 Å². The second kappa shape index (κ2) is 5.99. The number of nitrogens with zero attached hydrogens (tertiary/aromatic N) is 2. The molecule has 1 N–H and O–H groups in total. The molecular weight excluding hydrogens is 266 g/mol. The Morgan fingerprint density at radius 1 is 1.29 bits per heavy atom. The molecule has 21 heavy (non-hydrogen) atoms. The van der Waals surface area contributed by atoms with E-state index in [1.807, 2.05) is 32.0 Å². The summed E-state index contributed by atoms with van der Waals surface area (Å²) in [6.45, 7) is 4.64. The van der Waals surface area contributed by atoms with E-state index in [1.165, 1.54) is 0 Å². The summed E-state index contributed by atoms with van der Waals surface area (Å²) >= 11 is 0. The molecule has 3 rings (SSSR count). The van der Waals surface area contributed by atoms with Crippen LogP contribution >= 0.6 is 0 Å². The highest BCUT2D eigenvalue weighted by Gasteiger charge is 2.21. The summed E-state index contributed by atoms with van der Waals surface area (Å²) in [5, 5.41) is 3.37. The number of ether oxygens (including phenoxy) is 2. The lowest BCUT2D eigenvalue weighted by Crippen LogP contribution is -2.21. The molecule has 1 atom stereocenters. The Labute approximate surface area is 124 Å². The van der Waals surface area contributed by atoms with Crippen LogP contribution in [0.1, 0.15) is 31.9 Å². The van der Waals surface area contributed by atoms with Gasteiger partial charge in [-0.3, -0.25) is 0 Å². The van der Waals surface area contributed by atoms with Gasteiger partial charge in [0.1, 0.15) is 5.75 Å². The van der Waals surface area contributed by atoms with E-state index in [-0.39, 0.29) is 12.1 Å². The van der Waals surface area contributed by atoms with E-state index < -0.39 is 0 Å². The molecule has 2 heterocycles. The van der Waals surface area contributed by atoms with Crippen molar-refractivity contribution in [1.82, 2.24) is 9.97 Å². The van der Waals surface area contributed by atoms with E-state index in [4.69, 9.17) is 9.47 Å². The molecule has 0 radical (unpaired) electrons. The minimum atomic E-state index is 0.0940. The Kier molecular flexibility index (Phi) is 3.90. The lowest BCUT2D eigenvalue weighted by molar-refractivity contribution is 0.232. The third-order valence-corrected chi connectivity index (χ3v) is 3.25. The molecule has 0 saturated heterocycles. The maximum Gasteiger partial charge on any atom is 0.226 e. The molecule has 5 heteroatoms. The summed E-state index contributed by atoms with van der Waals surface area (Å²) in [4.78, 5) is 8.67. The van der Waals surface area contributed by atoms with Crippen LogP contribution in [0.5, 0.6) is 11.6 Å². The Hall–Kier alpha value is -2.30. The predicted molar refractivity (Wildman–Crippen MR) is 80.7 cm³/mol. The smallest absolute Gasteiger partial charge is 0.226 e. The molecule has 0 bridgehead atoms. The first kappa shape index (κ1) is 13.7. The van der Waals surface area contributed by atoms with Gasteiger partial charge in [0.25, 0.3) is 0 Å².